The molecule has 22 heavy (non-hydrogen) atoms. The Morgan fingerprint density at radius 1 is 1.50 bits per heavy atom. The van der Waals surface area contributed by atoms with E-state index in [9.17, 15) is 4.79 Å². The number of halogens is 1. The smallest absolute Gasteiger partial charge is 0.410 e. The van der Waals surface area contributed by atoms with Gasteiger partial charge in [-0.1, -0.05) is 6.07 Å². The Kier molecular flexibility index (Phi) is 5.67. The quantitative estimate of drug-likeness (QED) is 0.820. The first kappa shape index (κ1) is 17.1. The zero-order valence-corrected chi connectivity index (χ0v) is 15.0. The molecule has 1 fully saturated rings. The van der Waals surface area contributed by atoms with Crippen molar-refractivity contribution >= 4 is 27.8 Å². The number of piperidine rings is 1. The molecular weight excluding hydrogens is 346 g/mol. The minimum atomic E-state index is -0.442. The van der Waals surface area contributed by atoms with E-state index in [4.69, 9.17) is 4.74 Å². The summed E-state index contributed by atoms with van der Waals surface area (Å²) in [5.41, 5.74) is -0.442. The van der Waals surface area contributed by atoms with E-state index in [1.165, 1.54) is 0 Å². The van der Waals surface area contributed by atoms with E-state index < -0.39 is 5.60 Å². The highest BCUT2D eigenvalue weighted by atomic mass is 79.9. The van der Waals surface area contributed by atoms with Gasteiger partial charge in [-0.3, -0.25) is 0 Å². The summed E-state index contributed by atoms with van der Waals surface area (Å²) in [5, 5.41) is 3.34. The Bertz CT molecular complexity index is 516. The maximum absolute atomic E-state index is 12.1. The number of nitrogens with zero attached hydrogens (tertiary/aromatic N) is 2. The molecule has 0 saturated carbocycles. The summed E-state index contributed by atoms with van der Waals surface area (Å²) in [7, 11) is 0. The second-order valence-corrected chi connectivity index (χ2v) is 7.47. The molecule has 0 aliphatic carbocycles. The molecule has 122 valence electrons. The number of rotatable bonds is 3. The van der Waals surface area contributed by atoms with E-state index in [1.807, 2.05) is 43.9 Å². The number of ether oxygens (including phenoxy) is 1. The van der Waals surface area contributed by atoms with Crippen molar-refractivity contribution in [3.05, 3.63) is 22.8 Å². The van der Waals surface area contributed by atoms with Gasteiger partial charge in [0.25, 0.3) is 0 Å². The van der Waals surface area contributed by atoms with Crippen LogP contribution in [0.3, 0.4) is 0 Å². The number of hydrogen-bond acceptors (Lipinski definition) is 4. The SMILES string of the molecule is CC(C)(C)OC(=O)N1CCC[C@H](CNc2cccc(Br)n2)C1. The van der Waals surface area contributed by atoms with E-state index in [-0.39, 0.29) is 6.09 Å². The fourth-order valence-electron chi connectivity index (χ4n) is 2.48. The lowest BCUT2D eigenvalue weighted by molar-refractivity contribution is 0.0172. The maximum Gasteiger partial charge on any atom is 0.410 e. The summed E-state index contributed by atoms with van der Waals surface area (Å²) in [4.78, 5) is 18.3. The van der Waals surface area contributed by atoms with Crippen LogP contribution in [0.25, 0.3) is 0 Å². The number of carbonyl (C=O) groups is 1. The van der Waals surface area contributed by atoms with Gasteiger partial charge in [0.05, 0.1) is 0 Å². The molecule has 0 aromatic carbocycles. The molecule has 0 bridgehead atoms. The van der Waals surface area contributed by atoms with E-state index in [0.717, 1.165) is 42.9 Å². The number of carbonyl (C=O) groups excluding carboxylic acids is 1. The Morgan fingerprint density at radius 2 is 2.27 bits per heavy atom. The predicted molar refractivity (Wildman–Crippen MR) is 91.0 cm³/mol. The predicted octanol–water partition coefficient (Wildman–Crippen LogP) is 3.90. The molecule has 6 heteroatoms. The molecule has 0 unspecified atom stereocenters. The van der Waals surface area contributed by atoms with Crippen molar-refractivity contribution in [1.29, 1.82) is 0 Å². The number of aromatic nitrogens is 1. The van der Waals surface area contributed by atoms with Gasteiger partial charge in [-0.15, -0.1) is 0 Å². The number of likely N-dealkylation sites (tertiary alicyclic amines) is 1. The molecule has 1 aromatic rings. The van der Waals surface area contributed by atoms with E-state index in [0.29, 0.717) is 5.92 Å². The summed E-state index contributed by atoms with van der Waals surface area (Å²) >= 11 is 3.36. The highest BCUT2D eigenvalue weighted by Gasteiger charge is 2.27. The lowest BCUT2D eigenvalue weighted by Gasteiger charge is -2.34. The van der Waals surface area contributed by atoms with Crippen LogP contribution >= 0.6 is 15.9 Å². The van der Waals surface area contributed by atoms with Gasteiger partial charge < -0.3 is 15.0 Å². The molecule has 1 aromatic heterocycles. The minimum absolute atomic E-state index is 0.210. The second kappa shape index (κ2) is 7.31. The summed E-state index contributed by atoms with van der Waals surface area (Å²) in [6, 6.07) is 5.79. The van der Waals surface area contributed by atoms with Gasteiger partial charge in [0, 0.05) is 19.6 Å². The van der Waals surface area contributed by atoms with Crippen molar-refractivity contribution in [3.8, 4) is 0 Å². The van der Waals surface area contributed by atoms with Gasteiger partial charge in [0.15, 0.2) is 0 Å². The van der Waals surface area contributed by atoms with Crippen LogP contribution in [0.5, 0.6) is 0 Å². The number of amides is 1. The molecule has 1 N–H and O–H groups in total. The number of nitrogens with one attached hydrogen (secondary N) is 1. The van der Waals surface area contributed by atoms with Crippen molar-refractivity contribution in [2.45, 2.75) is 39.2 Å². The van der Waals surface area contributed by atoms with Gasteiger partial charge in [-0.25, -0.2) is 9.78 Å². The molecule has 2 heterocycles. The monoisotopic (exact) mass is 369 g/mol. The van der Waals surface area contributed by atoms with Gasteiger partial charge in [-0.2, -0.15) is 0 Å². The number of anilines is 1. The molecular formula is C16H24BrN3O2. The van der Waals surface area contributed by atoms with Crippen molar-refractivity contribution < 1.29 is 9.53 Å². The lowest BCUT2D eigenvalue weighted by atomic mass is 9.98. The van der Waals surface area contributed by atoms with Crippen LogP contribution in [0.15, 0.2) is 22.8 Å². The third-order valence-electron chi connectivity index (χ3n) is 3.46. The normalized spacial score (nSPS) is 18.9. The topological polar surface area (TPSA) is 54.5 Å². The molecule has 1 aliphatic rings. The molecule has 1 atom stereocenters. The number of hydrogen-bond donors (Lipinski definition) is 1. The highest BCUT2D eigenvalue weighted by molar-refractivity contribution is 9.10. The van der Waals surface area contributed by atoms with Crippen LogP contribution < -0.4 is 5.32 Å². The first-order valence-corrected chi connectivity index (χ1v) is 8.47. The molecule has 0 spiro atoms. The summed E-state index contributed by atoms with van der Waals surface area (Å²) in [6.45, 7) is 8.01. The fourth-order valence-corrected chi connectivity index (χ4v) is 2.82. The van der Waals surface area contributed by atoms with Gasteiger partial charge >= 0.3 is 6.09 Å². The summed E-state index contributed by atoms with van der Waals surface area (Å²) in [6.07, 6.45) is 1.91. The summed E-state index contributed by atoms with van der Waals surface area (Å²) < 4.78 is 6.27. The van der Waals surface area contributed by atoms with E-state index in [1.54, 1.807) is 0 Å². The van der Waals surface area contributed by atoms with Crippen LogP contribution in [0.4, 0.5) is 10.6 Å². The maximum atomic E-state index is 12.1. The van der Waals surface area contributed by atoms with Crippen molar-refractivity contribution in [1.82, 2.24) is 9.88 Å². The molecule has 1 saturated heterocycles. The Labute approximate surface area is 140 Å². The van der Waals surface area contributed by atoms with Gasteiger partial charge in [-0.05, 0) is 67.6 Å². The van der Waals surface area contributed by atoms with Crippen molar-refractivity contribution in [3.63, 3.8) is 0 Å². The van der Waals surface area contributed by atoms with Crippen LogP contribution in [0.1, 0.15) is 33.6 Å². The molecule has 0 radical (unpaired) electrons. The highest BCUT2D eigenvalue weighted by Crippen LogP contribution is 2.20. The van der Waals surface area contributed by atoms with Gasteiger partial charge in [0.2, 0.25) is 0 Å². The van der Waals surface area contributed by atoms with Crippen LogP contribution in [-0.4, -0.2) is 41.2 Å². The van der Waals surface area contributed by atoms with Crippen molar-refractivity contribution in [2.75, 3.05) is 25.0 Å². The van der Waals surface area contributed by atoms with Crippen LogP contribution in [-0.2, 0) is 4.74 Å². The van der Waals surface area contributed by atoms with Crippen molar-refractivity contribution in [2.24, 2.45) is 5.92 Å². The fraction of sp³-hybridized carbons (Fsp3) is 0.625. The molecule has 2 rings (SSSR count). The first-order valence-electron chi connectivity index (χ1n) is 7.68. The largest absolute Gasteiger partial charge is 0.444 e. The third-order valence-corrected chi connectivity index (χ3v) is 3.90. The number of pyridine rings is 1. The molecule has 5 nitrogen and oxygen atoms in total. The third kappa shape index (κ3) is 5.48. The zero-order valence-electron chi connectivity index (χ0n) is 13.4. The van der Waals surface area contributed by atoms with Crippen LogP contribution in [0, 0.1) is 5.92 Å². The average Bonchev–Trinajstić information content (AvgIpc) is 2.44. The van der Waals surface area contributed by atoms with E-state index >= 15 is 0 Å². The standard InChI is InChI=1S/C16H24BrN3O2/c1-16(2,3)22-15(21)20-9-5-6-12(11-20)10-18-14-8-4-7-13(17)19-14/h4,7-8,12H,5-6,9-11H2,1-3H3,(H,18,19)/t12-/m1/s1. The zero-order chi connectivity index (χ0) is 16.2. The molecule has 1 amide bonds. The Balaban J connectivity index is 1.84. The van der Waals surface area contributed by atoms with E-state index in [2.05, 4.69) is 26.2 Å². The second-order valence-electron chi connectivity index (χ2n) is 6.66. The van der Waals surface area contributed by atoms with Crippen LogP contribution in [0.2, 0.25) is 0 Å². The minimum Gasteiger partial charge on any atom is -0.444 e. The summed E-state index contributed by atoms with van der Waals surface area (Å²) in [5.74, 6) is 1.27. The molecule has 1 aliphatic heterocycles. The lowest BCUT2D eigenvalue weighted by Crippen LogP contribution is -2.44. The Morgan fingerprint density at radius 3 is 2.95 bits per heavy atom. The first-order chi connectivity index (χ1) is 10.3. The average molecular weight is 370 g/mol. The Hall–Kier alpha value is -1.30. The van der Waals surface area contributed by atoms with Gasteiger partial charge in [0.1, 0.15) is 16.0 Å².